The maximum Gasteiger partial charge on any atom is 0.224 e. The average molecular weight is 298 g/mol. The summed E-state index contributed by atoms with van der Waals surface area (Å²) in [5.74, 6) is 0.899. The lowest BCUT2D eigenvalue weighted by Crippen LogP contribution is -2.13. The van der Waals surface area contributed by atoms with Crippen molar-refractivity contribution < 1.29 is 9.53 Å². The molecule has 4 heteroatoms. The van der Waals surface area contributed by atoms with Crippen molar-refractivity contribution in [3.8, 4) is 5.75 Å². The summed E-state index contributed by atoms with van der Waals surface area (Å²) in [6, 6.07) is 13.2. The van der Waals surface area contributed by atoms with Crippen LogP contribution in [0.3, 0.4) is 0 Å². The van der Waals surface area contributed by atoms with E-state index >= 15 is 0 Å². The molecular weight excluding hydrogens is 276 g/mol. The third-order valence-electron chi connectivity index (χ3n) is 3.40. The molecule has 0 aliphatic carbocycles. The Morgan fingerprint density at radius 3 is 2.36 bits per heavy atom. The number of anilines is 2. The van der Waals surface area contributed by atoms with Gasteiger partial charge >= 0.3 is 0 Å². The van der Waals surface area contributed by atoms with E-state index in [2.05, 4.69) is 5.32 Å². The second-order valence-corrected chi connectivity index (χ2v) is 5.34. The largest absolute Gasteiger partial charge is 0.493 e. The molecule has 3 N–H and O–H groups in total. The predicted octanol–water partition coefficient (Wildman–Crippen LogP) is 3.68. The van der Waals surface area contributed by atoms with Crippen LogP contribution in [0.2, 0.25) is 0 Å². The Morgan fingerprint density at radius 1 is 1.09 bits per heavy atom. The van der Waals surface area contributed by atoms with Crippen LogP contribution in [0.4, 0.5) is 11.4 Å². The highest BCUT2D eigenvalue weighted by molar-refractivity contribution is 5.90. The van der Waals surface area contributed by atoms with E-state index in [0.717, 1.165) is 22.6 Å². The van der Waals surface area contributed by atoms with Crippen LogP contribution in [0.25, 0.3) is 0 Å². The molecule has 0 unspecified atom stereocenters. The zero-order valence-electron chi connectivity index (χ0n) is 13.1. The zero-order valence-corrected chi connectivity index (χ0v) is 13.1. The number of nitrogens with two attached hydrogens (primary N) is 1. The molecule has 0 spiro atoms. The van der Waals surface area contributed by atoms with E-state index < -0.39 is 0 Å². The van der Waals surface area contributed by atoms with Crippen LogP contribution >= 0.6 is 0 Å². The fourth-order valence-electron chi connectivity index (χ4n) is 2.22. The first kappa shape index (κ1) is 15.9. The van der Waals surface area contributed by atoms with E-state index in [0.29, 0.717) is 25.1 Å². The van der Waals surface area contributed by atoms with E-state index in [1.807, 2.05) is 32.0 Å². The number of nitrogen functional groups attached to an aromatic ring is 1. The smallest absolute Gasteiger partial charge is 0.224 e. The van der Waals surface area contributed by atoms with Crippen molar-refractivity contribution in [2.45, 2.75) is 26.7 Å². The number of amides is 1. The van der Waals surface area contributed by atoms with Crippen LogP contribution in [0.1, 0.15) is 24.0 Å². The van der Waals surface area contributed by atoms with E-state index in [1.165, 1.54) is 0 Å². The molecule has 2 aromatic rings. The number of hydrogen-bond acceptors (Lipinski definition) is 3. The number of rotatable bonds is 6. The molecule has 4 nitrogen and oxygen atoms in total. The highest BCUT2D eigenvalue weighted by atomic mass is 16.5. The Labute approximate surface area is 131 Å². The van der Waals surface area contributed by atoms with Crippen LogP contribution in [0, 0.1) is 13.8 Å². The van der Waals surface area contributed by atoms with Crippen molar-refractivity contribution in [1.29, 1.82) is 0 Å². The van der Waals surface area contributed by atoms with E-state index in [9.17, 15) is 4.79 Å². The summed E-state index contributed by atoms with van der Waals surface area (Å²) in [6.45, 7) is 4.58. The van der Waals surface area contributed by atoms with Crippen molar-refractivity contribution in [2.75, 3.05) is 17.7 Å². The number of hydrogen-bond donors (Lipinski definition) is 2. The molecule has 0 aliphatic rings. The van der Waals surface area contributed by atoms with Crippen molar-refractivity contribution >= 4 is 17.3 Å². The predicted molar refractivity (Wildman–Crippen MR) is 90.1 cm³/mol. The van der Waals surface area contributed by atoms with Crippen LogP contribution in [0.5, 0.6) is 5.75 Å². The second kappa shape index (κ2) is 7.50. The summed E-state index contributed by atoms with van der Waals surface area (Å²) in [5, 5.41) is 2.84. The molecule has 0 atom stereocenters. The fourth-order valence-corrected chi connectivity index (χ4v) is 2.22. The maximum absolute atomic E-state index is 11.8. The molecule has 2 aromatic carbocycles. The molecule has 1 amide bonds. The number of carbonyl (C=O) groups excluding carboxylic acids is 1. The van der Waals surface area contributed by atoms with Crippen molar-refractivity contribution in [1.82, 2.24) is 0 Å². The van der Waals surface area contributed by atoms with Gasteiger partial charge in [0.15, 0.2) is 0 Å². The van der Waals surface area contributed by atoms with Crippen LogP contribution in [-0.2, 0) is 4.79 Å². The number of carbonyl (C=O) groups is 1. The molecule has 0 saturated carbocycles. The molecule has 0 heterocycles. The number of benzene rings is 2. The summed E-state index contributed by atoms with van der Waals surface area (Å²) < 4.78 is 5.79. The van der Waals surface area contributed by atoms with Crippen LogP contribution in [0.15, 0.2) is 42.5 Å². The minimum atomic E-state index is -0.0186. The highest BCUT2D eigenvalue weighted by Crippen LogP contribution is 2.22. The van der Waals surface area contributed by atoms with Gasteiger partial charge in [0, 0.05) is 17.8 Å². The lowest BCUT2D eigenvalue weighted by atomic mass is 10.1. The van der Waals surface area contributed by atoms with Crippen LogP contribution in [-0.4, -0.2) is 12.5 Å². The van der Waals surface area contributed by atoms with E-state index in [-0.39, 0.29) is 5.91 Å². The number of para-hydroxylation sites is 1. The van der Waals surface area contributed by atoms with Crippen molar-refractivity contribution in [2.24, 2.45) is 0 Å². The molecule has 22 heavy (non-hydrogen) atoms. The van der Waals surface area contributed by atoms with Gasteiger partial charge in [-0.05, 0) is 55.7 Å². The van der Waals surface area contributed by atoms with Gasteiger partial charge in [0.25, 0.3) is 0 Å². The molecule has 0 aromatic heterocycles. The fraction of sp³-hybridized carbons (Fsp3) is 0.278. The lowest BCUT2D eigenvalue weighted by Gasteiger charge is -2.11. The number of aryl methyl sites for hydroxylation is 2. The van der Waals surface area contributed by atoms with Gasteiger partial charge in [-0.2, -0.15) is 0 Å². The Morgan fingerprint density at radius 2 is 1.73 bits per heavy atom. The monoisotopic (exact) mass is 298 g/mol. The summed E-state index contributed by atoms with van der Waals surface area (Å²) in [6.07, 6.45) is 1.10. The minimum Gasteiger partial charge on any atom is -0.493 e. The zero-order chi connectivity index (χ0) is 15.9. The first-order valence-electron chi connectivity index (χ1n) is 7.40. The topological polar surface area (TPSA) is 64.3 Å². The first-order chi connectivity index (χ1) is 10.6. The molecule has 0 aliphatic heterocycles. The van der Waals surface area contributed by atoms with Crippen LogP contribution < -0.4 is 15.8 Å². The van der Waals surface area contributed by atoms with Gasteiger partial charge in [-0.15, -0.1) is 0 Å². The number of ether oxygens (including phenoxy) is 1. The third kappa shape index (κ3) is 4.52. The first-order valence-corrected chi connectivity index (χ1v) is 7.40. The number of nitrogens with one attached hydrogen (secondary N) is 1. The van der Waals surface area contributed by atoms with Crippen molar-refractivity contribution in [3.63, 3.8) is 0 Å². The summed E-state index contributed by atoms with van der Waals surface area (Å²) in [5.41, 5.74) is 9.28. The van der Waals surface area contributed by atoms with Gasteiger partial charge in [0.05, 0.1) is 6.61 Å². The standard InChI is InChI=1S/C18H22N2O2/c1-13-5-3-6-14(2)18(13)22-12-4-7-17(21)20-16-10-8-15(19)9-11-16/h3,5-6,8-11H,4,7,12,19H2,1-2H3,(H,20,21). The Balaban J connectivity index is 1.74. The Bertz CT molecular complexity index is 616. The van der Waals surface area contributed by atoms with Crippen molar-refractivity contribution in [3.05, 3.63) is 53.6 Å². The van der Waals surface area contributed by atoms with Gasteiger partial charge < -0.3 is 15.8 Å². The van der Waals surface area contributed by atoms with Gasteiger partial charge in [-0.25, -0.2) is 0 Å². The maximum atomic E-state index is 11.8. The van der Waals surface area contributed by atoms with Gasteiger partial charge in [-0.3, -0.25) is 4.79 Å². The molecule has 0 fully saturated rings. The highest BCUT2D eigenvalue weighted by Gasteiger charge is 2.05. The normalized spacial score (nSPS) is 10.3. The summed E-state index contributed by atoms with van der Waals surface area (Å²) in [4.78, 5) is 11.8. The molecule has 0 bridgehead atoms. The lowest BCUT2D eigenvalue weighted by molar-refractivity contribution is -0.116. The van der Waals surface area contributed by atoms with Gasteiger partial charge in [0.1, 0.15) is 5.75 Å². The van der Waals surface area contributed by atoms with E-state index in [1.54, 1.807) is 24.3 Å². The summed E-state index contributed by atoms with van der Waals surface area (Å²) >= 11 is 0. The van der Waals surface area contributed by atoms with Gasteiger partial charge in [0.2, 0.25) is 5.91 Å². The molecular formula is C18H22N2O2. The minimum absolute atomic E-state index is 0.0186. The Hall–Kier alpha value is -2.49. The molecule has 116 valence electrons. The van der Waals surface area contributed by atoms with Gasteiger partial charge in [-0.1, -0.05) is 18.2 Å². The molecule has 2 rings (SSSR count). The third-order valence-corrected chi connectivity index (χ3v) is 3.40. The average Bonchev–Trinajstić information content (AvgIpc) is 2.48. The molecule has 0 saturated heterocycles. The van der Waals surface area contributed by atoms with E-state index in [4.69, 9.17) is 10.5 Å². The summed E-state index contributed by atoms with van der Waals surface area (Å²) in [7, 11) is 0. The second-order valence-electron chi connectivity index (χ2n) is 5.34. The quantitative estimate of drug-likeness (QED) is 0.631. The SMILES string of the molecule is Cc1cccc(C)c1OCCCC(=O)Nc1ccc(N)cc1. The Kier molecular flexibility index (Phi) is 5.42. The molecule has 0 radical (unpaired) electrons.